The molecule has 114 valence electrons. The fraction of sp³-hybridized carbons (Fsp3) is 0.467. The Balaban J connectivity index is 2.24. The van der Waals surface area contributed by atoms with Crippen molar-refractivity contribution in [1.29, 1.82) is 0 Å². The van der Waals surface area contributed by atoms with E-state index in [9.17, 15) is 9.59 Å². The van der Waals surface area contributed by atoms with E-state index < -0.39 is 11.6 Å². The van der Waals surface area contributed by atoms with Gasteiger partial charge in [0.25, 0.3) is 5.91 Å². The van der Waals surface area contributed by atoms with E-state index in [-0.39, 0.29) is 30.4 Å². The molecule has 0 fully saturated rings. The molecule has 1 N–H and O–H groups in total. The van der Waals surface area contributed by atoms with Crippen LogP contribution >= 0.6 is 0 Å². The van der Waals surface area contributed by atoms with E-state index in [0.717, 1.165) is 0 Å². The number of nitrogens with zero attached hydrogens (tertiary/aromatic N) is 1. The van der Waals surface area contributed by atoms with Crippen LogP contribution in [0.5, 0.6) is 5.75 Å². The number of fused-ring (bicyclic) bond motifs is 1. The molecule has 0 unspecified atom stereocenters. The number of hydrogen-bond donors (Lipinski definition) is 1. The molecule has 0 atom stereocenters. The summed E-state index contributed by atoms with van der Waals surface area (Å²) in [5.41, 5.74) is 0.124. The first kappa shape index (κ1) is 15.3. The standard InChI is InChI=1S/C15H19NO5/c1-15(2,3)21-9-12(17)16-7-8-20-13-10(14(18)19)5-4-6-11(13)16/h4-6H,7-9H2,1-3H3,(H,18,19). The zero-order valence-electron chi connectivity index (χ0n) is 12.4. The lowest BCUT2D eigenvalue weighted by atomic mass is 10.1. The van der Waals surface area contributed by atoms with Crippen molar-refractivity contribution in [2.45, 2.75) is 26.4 Å². The summed E-state index contributed by atoms with van der Waals surface area (Å²) in [5, 5.41) is 9.17. The summed E-state index contributed by atoms with van der Waals surface area (Å²) in [7, 11) is 0. The van der Waals surface area contributed by atoms with Gasteiger partial charge in [0.15, 0.2) is 5.75 Å². The van der Waals surface area contributed by atoms with Gasteiger partial charge in [-0.3, -0.25) is 4.79 Å². The fourth-order valence-electron chi connectivity index (χ4n) is 2.03. The Morgan fingerprint density at radius 1 is 1.38 bits per heavy atom. The lowest BCUT2D eigenvalue weighted by Crippen LogP contribution is -2.41. The number of hydrogen-bond acceptors (Lipinski definition) is 4. The highest BCUT2D eigenvalue weighted by Crippen LogP contribution is 2.35. The van der Waals surface area contributed by atoms with Crippen LogP contribution in [0, 0.1) is 0 Å². The van der Waals surface area contributed by atoms with E-state index in [4.69, 9.17) is 14.6 Å². The van der Waals surface area contributed by atoms with Crippen LogP contribution in [0.25, 0.3) is 0 Å². The molecule has 0 bridgehead atoms. The van der Waals surface area contributed by atoms with Gasteiger partial charge in [-0.1, -0.05) is 6.07 Å². The highest BCUT2D eigenvalue weighted by atomic mass is 16.5. The zero-order chi connectivity index (χ0) is 15.6. The number of carbonyl (C=O) groups excluding carboxylic acids is 1. The second-order valence-corrected chi connectivity index (χ2v) is 5.75. The topological polar surface area (TPSA) is 76.1 Å². The molecular formula is C15H19NO5. The van der Waals surface area contributed by atoms with Gasteiger partial charge in [-0.15, -0.1) is 0 Å². The van der Waals surface area contributed by atoms with Crippen LogP contribution in [0.15, 0.2) is 18.2 Å². The van der Waals surface area contributed by atoms with Crippen LogP contribution in [0.2, 0.25) is 0 Å². The largest absolute Gasteiger partial charge is 0.489 e. The van der Waals surface area contributed by atoms with Crippen molar-refractivity contribution < 1.29 is 24.2 Å². The van der Waals surface area contributed by atoms with Crippen LogP contribution in [0.3, 0.4) is 0 Å². The minimum atomic E-state index is -1.08. The molecule has 0 aliphatic carbocycles. The first-order valence-corrected chi connectivity index (χ1v) is 6.73. The molecule has 0 aromatic heterocycles. The van der Waals surface area contributed by atoms with Crippen molar-refractivity contribution in [2.24, 2.45) is 0 Å². The molecule has 0 spiro atoms. The molecule has 1 aromatic rings. The lowest BCUT2D eigenvalue weighted by molar-refractivity contribution is -0.128. The maximum atomic E-state index is 12.3. The zero-order valence-corrected chi connectivity index (χ0v) is 12.4. The van der Waals surface area contributed by atoms with Crippen LogP contribution in [0.1, 0.15) is 31.1 Å². The monoisotopic (exact) mass is 293 g/mol. The maximum absolute atomic E-state index is 12.3. The van der Waals surface area contributed by atoms with Gasteiger partial charge in [-0.05, 0) is 32.9 Å². The van der Waals surface area contributed by atoms with Gasteiger partial charge < -0.3 is 19.5 Å². The van der Waals surface area contributed by atoms with Gasteiger partial charge in [-0.2, -0.15) is 0 Å². The second-order valence-electron chi connectivity index (χ2n) is 5.75. The SMILES string of the molecule is CC(C)(C)OCC(=O)N1CCOc2c(C(=O)O)cccc21. The van der Waals surface area contributed by atoms with Crippen molar-refractivity contribution >= 4 is 17.6 Å². The molecule has 21 heavy (non-hydrogen) atoms. The van der Waals surface area contributed by atoms with Gasteiger partial charge in [0.05, 0.1) is 17.8 Å². The Bertz CT molecular complexity index is 562. The molecule has 6 heteroatoms. The molecule has 1 aliphatic heterocycles. The van der Waals surface area contributed by atoms with Crippen molar-refractivity contribution in [3.05, 3.63) is 23.8 Å². The van der Waals surface area contributed by atoms with Gasteiger partial charge >= 0.3 is 5.97 Å². The Hall–Kier alpha value is -2.08. The quantitative estimate of drug-likeness (QED) is 0.921. The number of carbonyl (C=O) groups is 2. The Labute approximate surface area is 123 Å². The van der Waals surface area contributed by atoms with Crippen molar-refractivity contribution in [1.82, 2.24) is 0 Å². The normalized spacial score (nSPS) is 14.3. The maximum Gasteiger partial charge on any atom is 0.339 e. The van der Waals surface area contributed by atoms with Crippen molar-refractivity contribution in [3.8, 4) is 5.75 Å². The third-order valence-corrected chi connectivity index (χ3v) is 3.01. The van der Waals surface area contributed by atoms with E-state index in [1.807, 2.05) is 20.8 Å². The van der Waals surface area contributed by atoms with Gasteiger partial charge in [0.2, 0.25) is 0 Å². The number of anilines is 1. The number of rotatable bonds is 3. The lowest BCUT2D eigenvalue weighted by Gasteiger charge is -2.31. The van der Waals surface area contributed by atoms with E-state index >= 15 is 0 Å². The van der Waals surface area contributed by atoms with Gasteiger partial charge in [0, 0.05) is 0 Å². The summed E-state index contributed by atoms with van der Waals surface area (Å²) in [6, 6.07) is 4.73. The minimum Gasteiger partial charge on any atom is -0.489 e. The molecular weight excluding hydrogens is 274 g/mol. The van der Waals surface area contributed by atoms with E-state index in [1.165, 1.54) is 11.0 Å². The van der Waals surface area contributed by atoms with E-state index in [2.05, 4.69) is 0 Å². The number of ether oxygens (including phenoxy) is 2. The van der Waals surface area contributed by atoms with Gasteiger partial charge in [0.1, 0.15) is 18.8 Å². The summed E-state index contributed by atoms with van der Waals surface area (Å²) in [5.74, 6) is -1.05. The predicted molar refractivity (Wildman–Crippen MR) is 77.0 cm³/mol. The van der Waals surface area contributed by atoms with Crippen LogP contribution < -0.4 is 9.64 Å². The minimum absolute atomic E-state index is 0.0553. The molecule has 0 radical (unpaired) electrons. The summed E-state index contributed by atoms with van der Waals surface area (Å²) < 4.78 is 10.9. The third kappa shape index (κ3) is 3.52. The molecule has 1 amide bonds. The second kappa shape index (κ2) is 5.73. The average molecular weight is 293 g/mol. The predicted octanol–water partition coefficient (Wildman–Crippen LogP) is 1.93. The molecule has 6 nitrogen and oxygen atoms in total. The fourth-order valence-corrected chi connectivity index (χ4v) is 2.03. The molecule has 0 saturated carbocycles. The number of carboxylic acids is 1. The first-order valence-electron chi connectivity index (χ1n) is 6.73. The van der Waals surface area contributed by atoms with Gasteiger partial charge in [-0.25, -0.2) is 4.79 Å². The summed E-state index contributed by atoms with van der Waals surface area (Å²) in [6.45, 7) is 6.20. The van der Waals surface area contributed by atoms with Crippen LogP contribution in [-0.4, -0.2) is 42.3 Å². The van der Waals surface area contributed by atoms with Crippen molar-refractivity contribution in [2.75, 3.05) is 24.7 Å². The van der Waals surface area contributed by atoms with E-state index in [1.54, 1.807) is 12.1 Å². The molecule has 0 saturated heterocycles. The Morgan fingerprint density at radius 3 is 2.71 bits per heavy atom. The third-order valence-electron chi connectivity index (χ3n) is 3.01. The molecule has 2 rings (SSSR count). The van der Waals surface area contributed by atoms with Crippen molar-refractivity contribution in [3.63, 3.8) is 0 Å². The first-order chi connectivity index (χ1) is 9.79. The van der Waals surface area contributed by atoms with Crippen LogP contribution in [-0.2, 0) is 9.53 Å². The molecule has 1 heterocycles. The highest BCUT2D eigenvalue weighted by molar-refractivity contribution is 6.00. The number of benzene rings is 1. The van der Waals surface area contributed by atoms with E-state index in [0.29, 0.717) is 12.2 Å². The Morgan fingerprint density at radius 2 is 2.10 bits per heavy atom. The Kier molecular flexibility index (Phi) is 4.18. The number of aromatic carboxylic acids is 1. The highest BCUT2D eigenvalue weighted by Gasteiger charge is 2.28. The smallest absolute Gasteiger partial charge is 0.339 e. The van der Waals surface area contributed by atoms with Crippen LogP contribution in [0.4, 0.5) is 5.69 Å². The summed E-state index contributed by atoms with van der Waals surface area (Å²) in [6.07, 6.45) is 0. The molecule has 1 aliphatic rings. The summed E-state index contributed by atoms with van der Waals surface area (Å²) in [4.78, 5) is 25.0. The number of para-hydroxylation sites is 1. The average Bonchev–Trinajstić information content (AvgIpc) is 2.42. The number of carboxylic acid groups (broad SMARTS) is 1. The molecule has 1 aromatic carbocycles. The summed E-state index contributed by atoms with van der Waals surface area (Å²) >= 11 is 0. The number of amides is 1.